The summed E-state index contributed by atoms with van der Waals surface area (Å²) in [4.78, 5) is 10.9. The normalized spacial score (nSPS) is 12.3. The Bertz CT molecular complexity index is 729. The van der Waals surface area contributed by atoms with Gasteiger partial charge >= 0.3 is 18.3 Å². The van der Waals surface area contributed by atoms with E-state index in [2.05, 4.69) is 0 Å². The highest BCUT2D eigenvalue weighted by Crippen LogP contribution is 2.38. The van der Waals surface area contributed by atoms with Gasteiger partial charge in [0.1, 0.15) is 0 Å². The molecule has 0 bridgehead atoms. The van der Waals surface area contributed by atoms with Crippen LogP contribution in [0.4, 0.5) is 26.3 Å². The van der Waals surface area contributed by atoms with Gasteiger partial charge in [-0.2, -0.15) is 26.3 Å². The molecule has 0 aliphatic rings. The Kier molecular flexibility index (Phi) is 4.10. The second-order valence-electron chi connectivity index (χ2n) is 4.64. The quantitative estimate of drug-likeness (QED) is 0.777. The summed E-state index contributed by atoms with van der Waals surface area (Å²) in [7, 11) is 0. The standard InChI is InChI=1S/C15H8F6O2/c16-14(17,18)10-4-1-8(2-5-10)11-7-9(13(22)23)3-6-12(11)15(19,20)21/h1-7H,(H,22,23). The van der Waals surface area contributed by atoms with Crippen molar-refractivity contribution < 1.29 is 36.2 Å². The van der Waals surface area contributed by atoms with Crippen LogP contribution in [0, 0.1) is 0 Å². The highest BCUT2D eigenvalue weighted by molar-refractivity contribution is 5.90. The first kappa shape index (κ1) is 16.9. The molecule has 2 rings (SSSR count). The van der Waals surface area contributed by atoms with E-state index < -0.39 is 40.6 Å². The molecule has 0 atom stereocenters. The van der Waals surface area contributed by atoms with Gasteiger partial charge in [-0.1, -0.05) is 12.1 Å². The van der Waals surface area contributed by atoms with E-state index >= 15 is 0 Å². The number of aromatic carboxylic acids is 1. The number of benzene rings is 2. The molecule has 122 valence electrons. The maximum atomic E-state index is 13.0. The Morgan fingerprint density at radius 3 is 1.83 bits per heavy atom. The smallest absolute Gasteiger partial charge is 0.417 e. The van der Waals surface area contributed by atoms with Gasteiger partial charge in [-0.05, 0) is 41.5 Å². The van der Waals surface area contributed by atoms with E-state index in [-0.39, 0.29) is 5.56 Å². The minimum absolute atomic E-state index is 0.159. The number of carbonyl (C=O) groups is 1. The fourth-order valence-corrected chi connectivity index (χ4v) is 2.00. The van der Waals surface area contributed by atoms with Crippen molar-refractivity contribution in [3.05, 3.63) is 59.2 Å². The van der Waals surface area contributed by atoms with E-state index in [9.17, 15) is 31.1 Å². The highest BCUT2D eigenvalue weighted by atomic mass is 19.4. The van der Waals surface area contributed by atoms with Crippen molar-refractivity contribution in [2.24, 2.45) is 0 Å². The Balaban J connectivity index is 2.60. The van der Waals surface area contributed by atoms with Crippen molar-refractivity contribution in [3.63, 3.8) is 0 Å². The summed E-state index contributed by atoms with van der Waals surface area (Å²) in [5, 5.41) is 8.87. The average molecular weight is 334 g/mol. The lowest BCUT2D eigenvalue weighted by atomic mass is 9.96. The second kappa shape index (κ2) is 5.60. The molecule has 0 aliphatic heterocycles. The summed E-state index contributed by atoms with van der Waals surface area (Å²) in [5.41, 5.74) is -3.18. The van der Waals surface area contributed by atoms with Crippen molar-refractivity contribution in [2.45, 2.75) is 12.4 Å². The van der Waals surface area contributed by atoms with Crippen LogP contribution < -0.4 is 0 Å². The number of hydrogen-bond acceptors (Lipinski definition) is 1. The number of carboxylic acids is 1. The monoisotopic (exact) mass is 334 g/mol. The summed E-state index contributed by atoms with van der Waals surface area (Å²) in [5.74, 6) is -1.44. The van der Waals surface area contributed by atoms with Gasteiger partial charge < -0.3 is 5.11 Å². The van der Waals surface area contributed by atoms with Gasteiger partial charge in [-0.15, -0.1) is 0 Å². The molecule has 0 radical (unpaired) electrons. The van der Waals surface area contributed by atoms with Crippen LogP contribution in [0.2, 0.25) is 0 Å². The molecule has 0 fully saturated rings. The first-order valence-corrected chi connectivity index (χ1v) is 6.12. The summed E-state index contributed by atoms with van der Waals surface area (Å²) >= 11 is 0. The van der Waals surface area contributed by atoms with E-state index in [0.717, 1.165) is 24.3 Å². The largest absolute Gasteiger partial charge is 0.478 e. The van der Waals surface area contributed by atoms with Crippen molar-refractivity contribution in [1.29, 1.82) is 0 Å². The second-order valence-corrected chi connectivity index (χ2v) is 4.64. The van der Waals surface area contributed by atoms with E-state index in [4.69, 9.17) is 5.11 Å². The third-order valence-electron chi connectivity index (χ3n) is 3.10. The molecule has 8 heteroatoms. The zero-order chi connectivity index (χ0) is 17.4. The Labute approximate surface area is 126 Å². The van der Waals surface area contributed by atoms with Crippen molar-refractivity contribution >= 4 is 5.97 Å². The first-order chi connectivity index (χ1) is 10.5. The Hall–Kier alpha value is -2.51. The molecular formula is C15H8F6O2. The molecule has 2 nitrogen and oxygen atoms in total. The molecule has 2 aromatic carbocycles. The lowest BCUT2D eigenvalue weighted by Gasteiger charge is -2.14. The van der Waals surface area contributed by atoms with Crippen LogP contribution in [0.15, 0.2) is 42.5 Å². The van der Waals surface area contributed by atoms with E-state index in [1.807, 2.05) is 0 Å². The van der Waals surface area contributed by atoms with Gasteiger partial charge in [0.05, 0.1) is 16.7 Å². The molecule has 0 amide bonds. The van der Waals surface area contributed by atoms with Crippen LogP contribution >= 0.6 is 0 Å². The van der Waals surface area contributed by atoms with Gasteiger partial charge in [0.15, 0.2) is 0 Å². The fraction of sp³-hybridized carbons (Fsp3) is 0.133. The molecular weight excluding hydrogens is 326 g/mol. The molecule has 0 aliphatic carbocycles. The van der Waals surface area contributed by atoms with E-state index in [0.29, 0.717) is 18.2 Å². The molecule has 0 heterocycles. The van der Waals surface area contributed by atoms with Crippen molar-refractivity contribution in [1.82, 2.24) is 0 Å². The number of halogens is 6. The van der Waals surface area contributed by atoms with Crippen molar-refractivity contribution in [3.8, 4) is 11.1 Å². The van der Waals surface area contributed by atoms with Crippen LogP contribution in [0.1, 0.15) is 21.5 Å². The Morgan fingerprint density at radius 1 is 0.826 bits per heavy atom. The van der Waals surface area contributed by atoms with Crippen molar-refractivity contribution in [2.75, 3.05) is 0 Å². The van der Waals surface area contributed by atoms with Crippen LogP contribution in [-0.2, 0) is 12.4 Å². The van der Waals surface area contributed by atoms with Gasteiger partial charge in [-0.25, -0.2) is 4.79 Å². The summed E-state index contributed by atoms with van der Waals surface area (Å²) in [6.45, 7) is 0. The summed E-state index contributed by atoms with van der Waals surface area (Å²) in [6, 6.07) is 5.20. The molecule has 0 saturated heterocycles. The predicted molar refractivity (Wildman–Crippen MR) is 68.8 cm³/mol. The van der Waals surface area contributed by atoms with Crippen LogP contribution in [-0.4, -0.2) is 11.1 Å². The fourth-order valence-electron chi connectivity index (χ4n) is 2.00. The molecule has 0 spiro atoms. The number of rotatable bonds is 2. The minimum atomic E-state index is -4.77. The SMILES string of the molecule is O=C(O)c1ccc(C(F)(F)F)c(-c2ccc(C(F)(F)F)cc2)c1. The lowest BCUT2D eigenvalue weighted by molar-refractivity contribution is -0.138. The van der Waals surface area contributed by atoms with Crippen LogP contribution in [0.5, 0.6) is 0 Å². The molecule has 0 aromatic heterocycles. The van der Waals surface area contributed by atoms with Gasteiger partial charge in [-0.3, -0.25) is 0 Å². The highest BCUT2D eigenvalue weighted by Gasteiger charge is 2.34. The maximum absolute atomic E-state index is 13.0. The van der Waals surface area contributed by atoms with E-state index in [1.54, 1.807) is 0 Å². The first-order valence-electron chi connectivity index (χ1n) is 6.12. The number of hydrogen-bond donors (Lipinski definition) is 1. The minimum Gasteiger partial charge on any atom is -0.478 e. The number of alkyl halides is 6. The molecule has 23 heavy (non-hydrogen) atoms. The third-order valence-corrected chi connectivity index (χ3v) is 3.10. The summed E-state index contributed by atoms with van der Waals surface area (Å²) in [6.07, 6.45) is -9.39. The van der Waals surface area contributed by atoms with Crippen LogP contribution in [0.3, 0.4) is 0 Å². The molecule has 0 saturated carbocycles. The number of carboxylic acid groups (broad SMARTS) is 1. The zero-order valence-corrected chi connectivity index (χ0v) is 11.2. The third kappa shape index (κ3) is 3.64. The predicted octanol–water partition coefficient (Wildman–Crippen LogP) is 5.09. The van der Waals surface area contributed by atoms with E-state index in [1.165, 1.54) is 0 Å². The van der Waals surface area contributed by atoms with Gasteiger partial charge in [0.2, 0.25) is 0 Å². The van der Waals surface area contributed by atoms with Gasteiger partial charge in [0, 0.05) is 0 Å². The molecule has 0 unspecified atom stereocenters. The Morgan fingerprint density at radius 2 is 1.39 bits per heavy atom. The molecule has 2 aromatic rings. The molecule has 1 N–H and O–H groups in total. The van der Waals surface area contributed by atoms with Crippen LogP contribution in [0.25, 0.3) is 11.1 Å². The maximum Gasteiger partial charge on any atom is 0.417 e. The zero-order valence-electron chi connectivity index (χ0n) is 11.2. The lowest BCUT2D eigenvalue weighted by Crippen LogP contribution is -2.09. The average Bonchev–Trinajstić information content (AvgIpc) is 2.45. The van der Waals surface area contributed by atoms with Gasteiger partial charge in [0.25, 0.3) is 0 Å². The summed E-state index contributed by atoms with van der Waals surface area (Å²) < 4.78 is 76.5. The topological polar surface area (TPSA) is 37.3 Å².